The van der Waals surface area contributed by atoms with E-state index in [4.69, 9.17) is 16.0 Å². The van der Waals surface area contributed by atoms with Gasteiger partial charge in [0.2, 0.25) is 11.2 Å². The maximum absolute atomic E-state index is 13.2. The molecule has 2 aromatic carbocycles. The van der Waals surface area contributed by atoms with E-state index in [-0.39, 0.29) is 28.0 Å². The quantitative estimate of drug-likeness (QED) is 0.287. The van der Waals surface area contributed by atoms with Gasteiger partial charge in [-0.15, -0.1) is 0 Å². The highest BCUT2D eigenvalue weighted by Crippen LogP contribution is 2.42. The molecule has 5 aromatic rings. The summed E-state index contributed by atoms with van der Waals surface area (Å²) in [6.45, 7) is 0. The van der Waals surface area contributed by atoms with E-state index in [1.807, 2.05) is 4.68 Å². The molecule has 1 fully saturated rings. The summed E-state index contributed by atoms with van der Waals surface area (Å²) < 4.78 is 7.88. The lowest BCUT2D eigenvalue weighted by Gasteiger charge is -2.23. The van der Waals surface area contributed by atoms with Gasteiger partial charge in [0.15, 0.2) is 11.2 Å². The number of hydrogen-bond donors (Lipinski definition) is 4. The van der Waals surface area contributed by atoms with Crippen LogP contribution in [0.15, 0.2) is 44.3 Å². The third-order valence-corrected chi connectivity index (χ3v) is 6.92. The summed E-state index contributed by atoms with van der Waals surface area (Å²) in [5.74, 6) is -0.567. The van der Waals surface area contributed by atoms with Crippen LogP contribution in [0.4, 0.5) is 0 Å². The number of aromatic nitrogens is 3. The molecule has 0 aliphatic heterocycles. The summed E-state index contributed by atoms with van der Waals surface area (Å²) in [4.78, 5) is 28.6. The fraction of sp³-hybridized carbons (Fsp3) is 0.250. The molecule has 0 spiro atoms. The van der Waals surface area contributed by atoms with Crippen molar-refractivity contribution < 1.29 is 14.6 Å². The van der Waals surface area contributed by atoms with Crippen molar-refractivity contribution in [2.75, 3.05) is 0 Å². The van der Waals surface area contributed by atoms with E-state index in [9.17, 15) is 19.8 Å². The van der Waals surface area contributed by atoms with Crippen molar-refractivity contribution in [3.8, 4) is 22.6 Å². The minimum atomic E-state index is -0.551. The number of benzene rings is 2. The minimum Gasteiger partial charge on any atom is -0.506 e. The van der Waals surface area contributed by atoms with Gasteiger partial charge < -0.3 is 19.6 Å². The summed E-state index contributed by atoms with van der Waals surface area (Å²) in [6.07, 6.45) is 5.26. The van der Waals surface area contributed by atoms with E-state index in [1.54, 1.807) is 18.2 Å². The molecular formula is C24H20ClN3O5. The molecule has 3 heterocycles. The van der Waals surface area contributed by atoms with Crippen molar-refractivity contribution in [2.45, 2.75) is 38.1 Å². The Hall–Kier alpha value is -3.65. The SMILES string of the molecule is O=c1ccc2c(oc3c(-c4ccc(O)c(Cl)c4)c4c(=O)[nH]n(C5CCCCC5)c4[nH]c32)c1O. The molecule has 3 aromatic heterocycles. The largest absolute Gasteiger partial charge is 0.506 e. The van der Waals surface area contributed by atoms with Gasteiger partial charge in [-0.2, -0.15) is 0 Å². The summed E-state index contributed by atoms with van der Waals surface area (Å²) in [7, 11) is 0. The van der Waals surface area contributed by atoms with Gasteiger partial charge in [0.1, 0.15) is 11.4 Å². The molecule has 4 N–H and O–H groups in total. The lowest BCUT2D eigenvalue weighted by atomic mass is 9.95. The highest BCUT2D eigenvalue weighted by Gasteiger charge is 2.26. The molecule has 1 aliphatic carbocycles. The standard InChI is InChI=1S/C24H20ClN3O5/c25-14-10-11(6-8-15(14)29)17-18-23(28(27-24(18)32)12-4-2-1-3-5-12)26-19-13-7-9-16(30)20(31)21(13)33-22(17)19/h6-10,12,26,29,31H,1-5H2,(H,27,32). The maximum Gasteiger partial charge on any atom is 0.274 e. The molecule has 0 atom stereocenters. The van der Waals surface area contributed by atoms with Crippen LogP contribution in [0, 0.1) is 0 Å². The molecule has 8 nitrogen and oxygen atoms in total. The number of phenols is 2. The van der Waals surface area contributed by atoms with Crippen LogP contribution in [-0.2, 0) is 0 Å². The molecule has 9 heteroatoms. The van der Waals surface area contributed by atoms with Crippen molar-refractivity contribution in [2.24, 2.45) is 0 Å². The number of aromatic hydroxyl groups is 2. The molecule has 0 unspecified atom stereocenters. The Labute approximate surface area is 191 Å². The molecule has 0 bridgehead atoms. The predicted molar refractivity (Wildman–Crippen MR) is 126 cm³/mol. The van der Waals surface area contributed by atoms with Crippen LogP contribution in [0.5, 0.6) is 11.5 Å². The number of aromatic amines is 2. The third kappa shape index (κ3) is 2.90. The summed E-state index contributed by atoms with van der Waals surface area (Å²) in [5.41, 5.74) is 1.71. The Balaban J connectivity index is 1.79. The molecule has 33 heavy (non-hydrogen) atoms. The molecular weight excluding hydrogens is 446 g/mol. The number of phenolic OH excluding ortho intramolecular Hbond substituents is 2. The number of halogens is 1. The lowest BCUT2D eigenvalue weighted by molar-refractivity contribution is 0.335. The van der Waals surface area contributed by atoms with Crippen LogP contribution in [0.3, 0.4) is 0 Å². The van der Waals surface area contributed by atoms with Gasteiger partial charge in [-0.25, -0.2) is 0 Å². The first-order valence-electron chi connectivity index (χ1n) is 10.9. The van der Waals surface area contributed by atoms with Gasteiger partial charge in [-0.3, -0.25) is 19.4 Å². The molecule has 0 radical (unpaired) electrons. The highest BCUT2D eigenvalue weighted by atomic mass is 35.5. The Morgan fingerprint density at radius 1 is 1.03 bits per heavy atom. The molecule has 0 saturated heterocycles. The number of H-pyrrole nitrogens is 2. The number of furan rings is 1. The molecule has 1 saturated carbocycles. The Bertz CT molecular complexity index is 1680. The van der Waals surface area contributed by atoms with E-state index in [2.05, 4.69) is 10.1 Å². The van der Waals surface area contributed by atoms with Gasteiger partial charge in [-0.05, 0) is 42.7 Å². The number of pyridine rings is 1. The molecule has 1 aliphatic rings. The summed E-state index contributed by atoms with van der Waals surface area (Å²) >= 11 is 6.20. The normalized spacial score (nSPS) is 15.2. The second-order valence-electron chi connectivity index (χ2n) is 8.59. The Morgan fingerprint density at radius 3 is 2.58 bits per heavy atom. The van der Waals surface area contributed by atoms with Crippen molar-refractivity contribution in [1.82, 2.24) is 14.8 Å². The molecule has 168 valence electrons. The number of hydrogen-bond acceptors (Lipinski definition) is 5. The fourth-order valence-corrected chi connectivity index (χ4v) is 5.20. The van der Waals surface area contributed by atoms with Crippen LogP contribution in [0.1, 0.15) is 38.1 Å². The Kier molecular flexibility index (Phi) is 4.35. The van der Waals surface area contributed by atoms with E-state index in [1.165, 1.54) is 18.6 Å². The zero-order valence-corrected chi connectivity index (χ0v) is 18.2. The number of nitrogens with zero attached hydrogens (tertiary/aromatic N) is 1. The van der Waals surface area contributed by atoms with Crippen molar-refractivity contribution in [3.63, 3.8) is 0 Å². The second kappa shape index (κ2) is 7.18. The van der Waals surface area contributed by atoms with Gasteiger partial charge in [0.25, 0.3) is 5.56 Å². The van der Waals surface area contributed by atoms with Gasteiger partial charge in [0, 0.05) is 10.9 Å². The zero-order valence-electron chi connectivity index (χ0n) is 17.4. The first kappa shape index (κ1) is 20.0. The van der Waals surface area contributed by atoms with E-state index < -0.39 is 11.2 Å². The van der Waals surface area contributed by atoms with Crippen LogP contribution in [0.25, 0.3) is 44.2 Å². The third-order valence-electron chi connectivity index (χ3n) is 6.62. The highest BCUT2D eigenvalue weighted by molar-refractivity contribution is 6.32. The van der Waals surface area contributed by atoms with E-state index in [0.29, 0.717) is 38.6 Å². The monoisotopic (exact) mass is 465 g/mol. The van der Waals surface area contributed by atoms with Gasteiger partial charge in [0.05, 0.1) is 22.0 Å². The van der Waals surface area contributed by atoms with Gasteiger partial charge >= 0.3 is 0 Å². The summed E-state index contributed by atoms with van der Waals surface area (Å²) in [6, 6.07) is 7.69. The number of nitrogens with one attached hydrogen (secondary N) is 2. The number of fused-ring (bicyclic) bond motifs is 4. The van der Waals surface area contributed by atoms with Crippen LogP contribution in [-0.4, -0.2) is 25.0 Å². The van der Waals surface area contributed by atoms with Gasteiger partial charge in [-0.1, -0.05) is 36.9 Å². The average molecular weight is 466 g/mol. The van der Waals surface area contributed by atoms with E-state index >= 15 is 0 Å². The topological polar surface area (TPSA) is 124 Å². The smallest absolute Gasteiger partial charge is 0.274 e. The predicted octanol–water partition coefficient (Wildman–Crippen LogP) is 5.15. The van der Waals surface area contributed by atoms with Crippen molar-refractivity contribution in [3.05, 3.63) is 55.9 Å². The first-order chi connectivity index (χ1) is 15.9. The van der Waals surface area contributed by atoms with Crippen LogP contribution >= 0.6 is 11.6 Å². The molecule has 6 rings (SSSR count). The number of rotatable bonds is 2. The second-order valence-corrected chi connectivity index (χ2v) is 8.99. The minimum absolute atomic E-state index is 0.0492. The first-order valence-corrected chi connectivity index (χ1v) is 11.3. The van der Waals surface area contributed by atoms with Crippen LogP contribution < -0.4 is 11.0 Å². The van der Waals surface area contributed by atoms with Crippen LogP contribution in [0.2, 0.25) is 5.02 Å². The maximum atomic E-state index is 13.2. The fourth-order valence-electron chi connectivity index (χ4n) is 5.02. The lowest BCUT2D eigenvalue weighted by Crippen LogP contribution is -2.16. The average Bonchev–Trinajstić information content (AvgIpc) is 3.35. The Morgan fingerprint density at radius 2 is 1.82 bits per heavy atom. The van der Waals surface area contributed by atoms with Crippen molar-refractivity contribution >= 4 is 44.7 Å². The molecule has 0 amide bonds. The zero-order chi connectivity index (χ0) is 22.9. The summed E-state index contributed by atoms with van der Waals surface area (Å²) in [5, 5.41) is 24.3. The van der Waals surface area contributed by atoms with Crippen molar-refractivity contribution in [1.29, 1.82) is 0 Å². The van der Waals surface area contributed by atoms with E-state index in [0.717, 1.165) is 25.7 Å².